The lowest BCUT2D eigenvalue weighted by Crippen LogP contribution is -2.42. The van der Waals surface area contributed by atoms with E-state index in [2.05, 4.69) is 40.3 Å². The van der Waals surface area contributed by atoms with Crippen molar-refractivity contribution in [3.8, 4) is 0 Å². The first kappa shape index (κ1) is 18.5. The Morgan fingerprint density at radius 1 is 1.28 bits per heavy atom. The van der Waals surface area contributed by atoms with E-state index in [1.54, 1.807) is 6.07 Å². The summed E-state index contributed by atoms with van der Waals surface area (Å²) in [6.45, 7) is 5.21. The van der Waals surface area contributed by atoms with Gasteiger partial charge in [-0.15, -0.1) is 0 Å². The standard InChI is InChI=1S/C23H23ClFN3O/c1-14(2)12-28(23-26-20-10-17(25)5-8-22(20)29-23)19-6-3-15-9-18-7-4-16(24)13-27(18)21(15)11-19/h4-5,7-10,13-14,19H,3,6,11-12H2,1-2H3. The zero-order valence-electron chi connectivity index (χ0n) is 16.5. The van der Waals surface area contributed by atoms with Gasteiger partial charge in [0.25, 0.3) is 6.01 Å². The number of fused-ring (bicyclic) bond motifs is 4. The average Bonchev–Trinajstić information content (AvgIpc) is 3.26. The number of aryl methyl sites for hydroxylation is 1. The molecule has 0 saturated carbocycles. The Morgan fingerprint density at radius 3 is 2.97 bits per heavy atom. The van der Waals surface area contributed by atoms with Gasteiger partial charge in [-0.1, -0.05) is 25.4 Å². The van der Waals surface area contributed by atoms with Gasteiger partial charge in [-0.05, 0) is 54.7 Å². The van der Waals surface area contributed by atoms with E-state index in [9.17, 15) is 4.39 Å². The second kappa shape index (κ2) is 7.06. The van der Waals surface area contributed by atoms with Crippen molar-refractivity contribution < 1.29 is 8.81 Å². The molecule has 150 valence electrons. The monoisotopic (exact) mass is 411 g/mol. The van der Waals surface area contributed by atoms with Gasteiger partial charge in [0.15, 0.2) is 5.58 Å². The molecule has 1 aliphatic rings. The Balaban J connectivity index is 1.53. The minimum Gasteiger partial charge on any atom is -0.423 e. The third kappa shape index (κ3) is 3.38. The van der Waals surface area contributed by atoms with E-state index in [1.165, 1.54) is 28.9 Å². The van der Waals surface area contributed by atoms with Crippen LogP contribution in [-0.4, -0.2) is 22.0 Å². The molecule has 0 amide bonds. The lowest BCUT2D eigenvalue weighted by Gasteiger charge is -2.34. The minimum absolute atomic E-state index is 0.264. The smallest absolute Gasteiger partial charge is 0.298 e. The summed E-state index contributed by atoms with van der Waals surface area (Å²) in [7, 11) is 0. The van der Waals surface area contributed by atoms with Crippen LogP contribution in [0.3, 0.4) is 0 Å². The molecule has 4 aromatic rings. The Kier molecular flexibility index (Phi) is 4.50. The van der Waals surface area contributed by atoms with Crippen LogP contribution in [-0.2, 0) is 12.8 Å². The first-order valence-electron chi connectivity index (χ1n) is 10.1. The largest absolute Gasteiger partial charge is 0.423 e. The van der Waals surface area contributed by atoms with Crippen LogP contribution >= 0.6 is 11.6 Å². The van der Waals surface area contributed by atoms with Gasteiger partial charge in [-0.3, -0.25) is 0 Å². The molecule has 1 aromatic carbocycles. The third-order valence-electron chi connectivity index (χ3n) is 5.69. The highest BCUT2D eigenvalue weighted by Gasteiger charge is 2.30. The van der Waals surface area contributed by atoms with Crippen molar-refractivity contribution in [1.82, 2.24) is 9.38 Å². The number of aromatic nitrogens is 2. The van der Waals surface area contributed by atoms with Crippen molar-refractivity contribution in [2.45, 2.75) is 39.2 Å². The molecule has 0 fully saturated rings. The fourth-order valence-corrected chi connectivity index (χ4v) is 4.56. The molecule has 1 unspecified atom stereocenters. The van der Waals surface area contributed by atoms with Crippen LogP contribution in [0, 0.1) is 11.7 Å². The van der Waals surface area contributed by atoms with E-state index in [1.807, 2.05) is 12.3 Å². The van der Waals surface area contributed by atoms with E-state index in [0.717, 1.165) is 30.8 Å². The molecule has 3 aromatic heterocycles. The van der Waals surface area contributed by atoms with Crippen molar-refractivity contribution in [2.75, 3.05) is 11.4 Å². The van der Waals surface area contributed by atoms with E-state index in [0.29, 0.717) is 23.0 Å². The van der Waals surface area contributed by atoms with Crippen LogP contribution in [0.1, 0.15) is 31.5 Å². The topological polar surface area (TPSA) is 33.7 Å². The number of pyridine rings is 1. The molecule has 0 N–H and O–H groups in total. The fourth-order valence-electron chi connectivity index (χ4n) is 4.40. The van der Waals surface area contributed by atoms with Crippen LogP contribution in [0.25, 0.3) is 16.6 Å². The van der Waals surface area contributed by atoms with E-state index in [-0.39, 0.29) is 11.9 Å². The molecular formula is C23H23ClFN3O. The molecule has 0 bridgehead atoms. The molecule has 0 spiro atoms. The van der Waals surface area contributed by atoms with Gasteiger partial charge < -0.3 is 13.7 Å². The average molecular weight is 412 g/mol. The summed E-state index contributed by atoms with van der Waals surface area (Å²) in [4.78, 5) is 6.87. The number of nitrogens with zero attached hydrogens (tertiary/aromatic N) is 3. The molecule has 1 aliphatic carbocycles. The summed E-state index contributed by atoms with van der Waals surface area (Å²) in [6, 6.07) is 11.6. The molecule has 5 rings (SSSR count). The Morgan fingerprint density at radius 2 is 2.14 bits per heavy atom. The summed E-state index contributed by atoms with van der Waals surface area (Å²) >= 11 is 6.25. The number of benzene rings is 1. The predicted octanol–water partition coefficient (Wildman–Crippen LogP) is 5.89. The molecule has 0 aliphatic heterocycles. The number of hydrogen-bond donors (Lipinski definition) is 0. The third-order valence-corrected chi connectivity index (χ3v) is 5.91. The summed E-state index contributed by atoms with van der Waals surface area (Å²) < 4.78 is 21.9. The Hall–Kier alpha value is -2.53. The molecular weight excluding hydrogens is 389 g/mol. The molecule has 1 atom stereocenters. The summed E-state index contributed by atoms with van der Waals surface area (Å²) in [5.41, 5.74) is 5.03. The zero-order chi connectivity index (χ0) is 20.1. The number of oxazole rings is 1. The lowest BCUT2D eigenvalue weighted by molar-refractivity contribution is 0.439. The highest BCUT2D eigenvalue weighted by atomic mass is 35.5. The molecule has 0 radical (unpaired) electrons. The van der Waals surface area contributed by atoms with Gasteiger partial charge >= 0.3 is 0 Å². The van der Waals surface area contributed by atoms with Gasteiger partial charge in [0.2, 0.25) is 0 Å². The van der Waals surface area contributed by atoms with Gasteiger partial charge in [0.1, 0.15) is 11.3 Å². The maximum atomic E-state index is 13.6. The van der Waals surface area contributed by atoms with Gasteiger partial charge in [-0.2, -0.15) is 4.98 Å². The summed E-state index contributed by atoms with van der Waals surface area (Å²) in [5, 5.41) is 0.734. The molecule has 3 heterocycles. The predicted molar refractivity (Wildman–Crippen MR) is 114 cm³/mol. The normalized spacial score (nSPS) is 16.7. The van der Waals surface area contributed by atoms with E-state index >= 15 is 0 Å². The first-order valence-corrected chi connectivity index (χ1v) is 10.5. The quantitative estimate of drug-likeness (QED) is 0.419. The van der Waals surface area contributed by atoms with Crippen molar-refractivity contribution >= 4 is 34.2 Å². The van der Waals surface area contributed by atoms with Crippen LogP contribution in [0.5, 0.6) is 0 Å². The van der Waals surface area contributed by atoms with E-state index in [4.69, 9.17) is 16.0 Å². The van der Waals surface area contributed by atoms with Crippen molar-refractivity contribution in [2.24, 2.45) is 5.92 Å². The highest BCUT2D eigenvalue weighted by Crippen LogP contribution is 2.32. The van der Waals surface area contributed by atoms with Crippen LogP contribution in [0.2, 0.25) is 5.02 Å². The lowest BCUT2D eigenvalue weighted by atomic mass is 9.92. The molecule has 29 heavy (non-hydrogen) atoms. The number of hydrogen-bond acceptors (Lipinski definition) is 3. The van der Waals surface area contributed by atoms with Crippen molar-refractivity contribution in [3.05, 3.63) is 64.7 Å². The van der Waals surface area contributed by atoms with Crippen LogP contribution in [0.15, 0.2) is 47.0 Å². The molecule has 6 heteroatoms. The summed E-state index contributed by atoms with van der Waals surface area (Å²) in [5.74, 6) is 0.147. The number of rotatable bonds is 4. The zero-order valence-corrected chi connectivity index (χ0v) is 17.3. The van der Waals surface area contributed by atoms with Crippen molar-refractivity contribution in [1.29, 1.82) is 0 Å². The Labute approximate surface area is 173 Å². The first-order chi connectivity index (χ1) is 14.0. The number of halogens is 2. The van der Waals surface area contributed by atoms with Gasteiger partial charge in [-0.25, -0.2) is 4.39 Å². The molecule has 0 saturated heterocycles. The number of anilines is 1. The molecule has 4 nitrogen and oxygen atoms in total. The maximum Gasteiger partial charge on any atom is 0.298 e. The Bertz CT molecular complexity index is 1200. The minimum atomic E-state index is -0.299. The SMILES string of the molecule is CC(C)CN(c1nc2cc(F)ccc2o1)C1CCc2cc3ccc(Cl)cn3c2C1. The van der Waals surface area contributed by atoms with Crippen molar-refractivity contribution in [3.63, 3.8) is 0 Å². The summed E-state index contributed by atoms with van der Waals surface area (Å²) in [6.07, 6.45) is 4.91. The van der Waals surface area contributed by atoms with E-state index < -0.39 is 0 Å². The van der Waals surface area contributed by atoms with Gasteiger partial charge in [0, 0.05) is 42.5 Å². The fraction of sp³-hybridized carbons (Fsp3) is 0.348. The maximum absolute atomic E-state index is 13.6. The second-order valence-electron chi connectivity index (χ2n) is 8.31. The van der Waals surface area contributed by atoms with Gasteiger partial charge in [0.05, 0.1) is 5.02 Å². The van der Waals surface area contributed by atoms with Crippen LogP contribution in [0.4, 0.5) is 10.4 Å². The van der Waals surface area contributed by atoms with Crippen LogP contribution < -0.4 is 4.90 Å². The highest BCUT2D eigenvalue weighted by molar-refractivity contribution is 6.30. The second-order valence-corrected chi connectivity index (χ2v) is 8.75.